The molecule has 1 aromatic carbocycles. The summed E-state index contributed by atoms with van der Waals surface area (Å²) in [6.45, 7) is 4.18. The third-order valence-electron chi connectivity index (χ3n) is 2.45. The molecule has 6 heteroatoms. The van der Waals surface area contributed by atoms with Crippen LogP contribution in [0.15, 0.2) is 24.3 Å². The van der Waals surface area contributed by atoms with Crippen LogP contribution in [0.3, 0.4) is 0 Å². The van der Waals surface area contributed by atoms with E-state index in [-0.39, 0.29) is 17.0 Å². The van der Waals surface area contributed by atoms with E-state index in [1.165, 1.54) is 26.4 Å². The highest BCUT2D eigenvalue weighted by atomic mass is 31.0. The monoisotopic (exact) mass is 314 g/mol. The molecule has 0 aliphatic heterocycles. The molecule has 0 aliphatic rings. The van der Waals surface area contributed by atoms with E-state index in [0.29, 0.717) is 5.92 Å². The number of aliphatic hydroxyl groups excluding tert-OH is 1. The van der Waals surface area contributed by atoms with Gasteiger partial charge in [0.25, 0.3) is 0 Å². The maximum atomic E-state index is 11.2. The van der Waals surface area contributed by atoms with Crippen LogP contribution in [-0.4, -0.2) is 37.1 Å². The lowest BCUT2D eigenvalue weighted by Gasteiger charge is -2.04. The quantitative estimate of drug-likeness (QED) is 0.683. The van der Waals surface area contributed by atoms with Crippen molar-refractivity contribution in [2.45, 2.75) is 26.1 Å². The fourth-order valence-electron chi connectivity index (χ4n) is 1.54. The van der Waals surface area contributed by atoms with Crippen molar-refractivity contribution < 1.29 is 24.2 Å². The van der Waals surface area contributed by atoms with E-state index in [9.17, 15) is 9.59 Å². The van der Waals surface area contributed by atoms with Gasteiger partial charge in [0, 0.05) is 0 Å². The molecule has 2 atom stereocenters. The van der Waals surface area contributed by atoms with Crippen LogP contribution in [0.2, 0.25) is 0 Å². The van der Waals surface area contributed by atoms with Crippen molar-refractivity contribution in [3.05, 3.63) is 35.4 Å². The largest absolute Gasteiger partial charge is 0.465 e. The molecule has 0 radical (unpaired) electrons. The molecule has 0 bridgehead atoms. The van der Waals surface area contributed by atoms with Crippen molar-refractivity contribution in [3.8, 4) is 0 Å². The number of hydrogen-bond donors (Lipinski definition) is 1. The predicted molar refractivity (Wildman–Crippen MR) is 84.3 cm³/mol. The summed E-state index contributed by atoms with van der Waals surface area (Å²) in [5.41, 5.74) is 0.420. The summed E-state index contributed by atoms with van der Waals surface area (Å²) >= 11 is 0. The molecule has 1 rings (SSSR count). The highest BCUT2D eigenvalue weighted by Gasteiger charge is 2.16. The Morgan fingerprint density at radius 3 is 1.67 bits per heavy atom. The van der Waals surface area contributed by atoms with E-state index in [1.54, 1.807) is 12.1 Å². The van der Waals surface area contributed by atoms with Gasteiger partial charge < -0.3 is 14.6 Å². The van der Waals surface area contributed by atoms with E-state index in [0.717, 1.165) is 6.42 Å². The number of ether oxygens (including phenoxy) is 2. The van der Waals surface area contributed by atoms with Crippen molar-refractivity contribution in [2.24, 2.45) is 5.92 Å². The molecule has 21 heavy (non-hydrogen) atoms. The first-order valence-electron chi connectivity index (χ1n) is 6.52. The maximum Gasteiger partial charge on any atom is 0.338 e. The molecule has 0 spiro atoms. The third-order valence-corrected chi connectivity index (χ3v) is 2.72. The SMILES string of the molecule is CC(C)CC(O)P.COC(=O)c1ccccc1C(=O)OC. The predicted octanol–water partition coefficient (Wildman–Crippen LogP) is 2.49. The lowest BCUT2D eigenvalue weighted by molar-refractivity contribution is 0.0555. The zero-order valence-electron chi connectivity index (χ0n) is 12.8. The number of aliphatic hydroxyl groups is 1. The number of rotatable bonds is 4. The number of benzene rings is 1. The molecule has 1 N–H and O–H groups in total. The van der Waals surface area contributed by atoms with Crippen LogP contribution in [0, 0.1) is 5.92 Å². The molecule has 0 saturated heterocycles. The van der Waals surface area contributed by atoms with Gasteiger partial charge >= 0.3 is 11.9 Å². The zero-order chi connectivity index (χ0) is 16.4. The van der Waals surface area contributed by atoms with Crippen LogP contribution in [-0.2, 0) is 9.47 Å². The van der Waals surface area contributed by atoms with Crippen LogP contribution < -0.4 is 0 Å². The van der Waals surface area contributed by atoms with Gasteiger partial charge in [-0.05, 0) is 24.5 Å². The van der Waals surface area contributed by atoms with Crippen LogP contribution in [0.4, 0.5) is 0 Å². The van der Waals surface area contributed by atoms with Gasteiger partial charge in [0.15, 0.2) is 0 Å². The molecule has 0 amide bonds. The number of esters is 2. The molecule has 0 heterocycles. The number of carbonyl (C=O) groups excluding carboxylic acids is 2. The minimum atomic E-state index is -0.550. The second-order valence-electron chi connectivity index (χ2n) is 4.73. The summed E-state index contributed by atoms with van der Waals surface area (Å²) in [6.07, 6.45) is 0.880. The van der Waals surface area contributed by atoms with Gasteiger partial charge in [-0.3, -0.25) is 0 Å². The van der Waals surface area contributed by atoms with Crippen molar-refractivity contribution in [1.82, 2.24) is 0 Å². The summed E-state index contributed by atoms with van der Waals surface area (Å²) in [4.78, 5) is 22.4. The summed E-state index contributed by atoms with van der Waals surface area (Å²) in [5.74, 6) is -0.704. The minimum absolute atomic E-state index is 0.208. The summed E-state index contributed by atoms with van der Waals surface area (Å²) in [5, 5.41) is 8.69. The van der Waals surface area contributed by atoms with E-state index in [2.05, 4.69) is 32.6 Å². The van der Waals surface area contributed by atoms with Gasteiger partial charge in [0.05, 0.1) is 31.2 Å². The summed E-state index contributed by atoms with van der Waals surface area (Å²) in [7, 11) is 4.88. The second kappa shape index (κ2) is 10.3. The molecule has 5 nitrogen and oxygen atoms in total. The van der Waals surface area contributed by atoms with Gasteiger partial charge in [0.2, 0.25) is 0 Å². The molecule has 118 valence electrons. The number of hydrogen-bond acceptors (Lipinski definition) is 5. The Kier molecular flexibility index (Phi) is 9.59. The average Bonchev–Trinajstić information content (AvgIpc) is 2.44. The van der Waals surface area contributed by atoms with Crippen molar-refractivity contribution in [2.75, 3.05) is 14.2 Å². The second-order valence-corrected chi connectivity index (χ2v) is 5.50. The van der Waals surface area contributed by atoms with Crippen LogP contribution in [0.1, 0.15) is 41.0 Å². The average molecular weight is 314 g/mol. The summed E-state index contributed by atoms with van der Waals surface area (Å²) < 4.78 is 9.05. The van der Waals surface area contributed by atoms with Gasteiger partial charge in [-0.15, -0.1) is 9.24 Å². The number of methoxy groups -OCH3 is 2. The Morgan fingerprint density at radius 1 is 1.10 bits per heavy atom. The summed E-state index contributed by atoms with van der Waals surface area (Å²) in [6, 6.07) is 6.33. The molecule has 0 aliphatic carbocycles. The minimum Gasteiger partial charge on any atom is -0.465 e. The zero-order valence-corrected chi connectivity index (χ0v) is 14.0. The Balaban J connectivity index is 0.000000486. The van der Waals surface area contributed by atoms with E-state index < -0.39 is 11.9 Å². The van der Waals surface area contributed by atoms with Gasteiger partial charge in [0.1, 0.15) is 0 Å². The van der Waals surface area contributed by atoms with E-state index >= 15 is 0 Å². The Hall–Kier alpha value is -1.45. The molecule has 0 saturated carbocycles. The van der Waals surface area contributed by atoms with Crippen molar-refractivity contribution >= 4 is 21.2 Å². The molecule has 0 fully saturated rings. The normalized spacial score (nSPS) is 11.2. The number of carbonyl (C=O) groups is 2. The lowest BCUT2D eigenvalue weighted by Crippen LogP contribution is -2.11. The molecule has 1 aromatic rings. The fourth-order valence-corrected chi connectivity index (χ4v) is 2.09. The molecular formula is C15H23O5P. The maximum absolute atomic E-state index is 11.2. The molecular weight excluding hydrogens is 291 g/mol. The van der Waals surface area contributed by atoms with Gasteiger partial charge in [-0.25, -0.2) is 9.59 Å². The lowest BCUT2D eigenvalue weighted by atomic mass is 10.1. The molecule has 0 aromatic heterocycles. The first-order chi connectivity index (χ1) is 9.83. The van der Waals surface area contributed by atoms with Crippen LogP contribution >= 0.6 is 9.24 Å². The third kappa shape index (κ3) is 7.78. The topological polar surface area (TPSA) is 72.8 Å². The highest BCUT2D eigenvalue weighted by Crippen LogP contribution is 2.11. The first kappa shape index (κ1) is 19.6. The van der Waals surface area contributed by atoms with Crippen molar-refractivity contribution in [1.29, 1.82) is 0 Å². The Morgan fingerprint density at radius 2 is 1.48 bits per heavy atom. The van der Waals surface area contributed by atoms with Gasteiger partial charge in [-0.1, -0.05) is 26.0 Å². The van der Waals surface area contributed by atoms with Crippen LogP contribution in [0.5, 0.6) is 0 Å². The van der Waals surface area contributed by atoms with Gasteiger partial charge in [-0.2, -0.15) is 0 Å². The highest BCUT2D eigenvalue weighted by molar-refractivity contribution is 7.17. The Labute approximate surface area is 127 Å². The Bertz CT molecular complexity index is 416. The first-order valence-corrected chi connectivity index (χ1v) is 7.19. The fraction of sp³-hybridized carbons (Fsp3) is 0.467. The van der Waals surface area contributed by atoms with E-state index in [4.69, 9.17) is 5.11 Å². The smallest absolute Gasteiger partial charge is 0.338 e. The molecule has 2 unspecified atom stereocenters. The van der Waals surface area contributed by atoms with Crippen molar-refractivity contribution in [3.63, 3.8) is 0 Å². The van der Waals surface area contributed by atoms with Crippen LogP contribution in [0.25, 0.3) is 0 Å². The standard InChI is InChI=1S/C10H10O4.C5H13OP/c1-13-9(11)7-5-3-4-6-8(7)10(12)14-2;1-4(2)3-5(6)7/h3-6H,1-2H3;4-6H,3,7H2,1-2H3. The van der Waals surface area contributed by atoms with E-state index in [1.807, 2.05) is 0 Å².